The molecule has 6 rings (SSSR count). The van der Waals surface area contributed by atoms with Crippen molar-refractivity contribution in [3.63, 3.8) is 0 Å². The van der Waals surface area contributed by atoms with Crippen LogP contribution in [0.4, 0.5) is 0 Å². The number of fused-ring (bicyclic) bond motifs is 1. The van der Waals surface area contributed by atoms with E-state index in [1.165, 1.54) is 13.0 Å². The van der Waals surface area contributed by atoms with E-state index >= 15 is 0 Å². The molecule has 2 aromatic carbocycles. The maximum atomic E-state index is 14.1. The van der Waals surface area contributed by atoms with Gasteiger partial charge in [-0.1, -0.05) is 0 Å². The molecule has 0 bridgehead atoms. The van der Waals surface area contributed by atoms with Crippen LogP contribution in [-0.4, -0.2) is 172 Å². The molecule has 298 valence electrons. The highest BCUT2D eigenvalue weighted by atomic mass is 16.7. The van der Waals surface area contributed by atoms with Crippen LogP contribution < -0.4 is 14.9 Å². The molecule has 3 fully saturated rings. The van der Waals surface area contributed by atoms with Gasteiger partial charge in [0, 0.05) is 17.7 Å². The minimum atomic E-state index is -2.05. The molecular weight excluding hydrogens is 732 g/mol. The van der Waals surface area contributed by atoms with E-state index in [9.17, 15) is 71.2 Å². The first-order valence-corrected chi connectivity index (χ1v) is 16.5. The summed E-state index contributed by atoms with van der Waals surface area (Å²) in [5, 5.41) is 133. The third-order valence-electron chi connectivity index (χ3n) is 9.38. The van der Waals surface area contributed by atoms with Crippen LogP contribution in [0.25, 0.3) is 22.3 Å². The molecule has 21 heteroatoms. The predicted octanol–water partition coefficient (Wildman–Crippen LogP) is -4.21. The zero-order valence-electron chi connectivity index (χ0n) is 28.0. The highest BCUT2D eigenvalue weighted by Gasteiger charge is 2.48. The molecule has 15 atom stereocenters. The van der Waals surface area contributed by atoms with E-state index in [0.29, 0.717) is 0 Å². The minimum Gasteiger partial charge on any atom is -0.507 e. The average Bonchev–Trinajstić information content (AvgIpc) is 3.14. The number of phenols is 3. The Kier molecular flexibility index (Phi) is 11.5. The SMILES string of the molecule is C[C@@H]1O[C@H](OC[C@H]2O[C@H](Oc3c(-c4ccc(O)c(O)c4)oc4cc(O[C@H]5O[C@H](CO)[C@H](O)[C@@H](O)[C@H]5O)cc(O)c4c3=O)[C@H](O)[C@H](O)[C@H]2O)[C@H](O)[C@H](O)[C@H]1O. The van der Waals surface area contributed by atoms with E-state index in [1.54, 1.807) is 0 Å². The van der Waals surface area contributed by atoms with Crippen LogP contribution in [0.15, 0.2) is 39.5 Å². The van der Waals surface area contributed by atoms with E-state index < -0.39 is 150 Å². The summed E-state index contributed by atoms with van der Waals surface area (Å²) in [4.78, 5) is 14.1. The van der Waals surface area contributed by atoms with Crippen LogP contribution in [0, 0.1) is 0 Å². The smallest absolute Gasteiger partial charge is 0.239 e. The van der Waals surface area contributed by atoms with Gasteiger partial charge in [-0.25, -0.2) is 0 Å². The Morgan fingerprint density at radius 2 is 1.22 bits per heavy atom. The third kappa shape index (κ3) is 7.39. The molecule has 0 amide bonds. The number of aromatic hydroxyl groups is 3. The molecule has 0 saturated carbocycles. The lowest BCUT2D eigenvalue weighted by atomic mass is 9.98. The van der Waals surface area contributed by atoms with Gasteiger partial charge in [0.25, 0.3) is 0 Å². The number of phenolic OH excluding ortho intramolecular Hbond substituents is 3. The fourth-order valence-electron chi connectivity index (χ4n) is 6.19. The van der Waals surface area contributed by atoms with E-state index in [0.717, 1.165) is 24.3 Å². The lowest BCUT2D eigenvalue weighted by Crippen LogP contribution is -2.61. The number of hydrogen-bond donors (Lipinski definition) is 13. The topological polar surface area (TPSA) is 349 Å². The van der Waals surface area contributed by atoms with Gasteiger partial charge in [0.05, 0.1) is 19.3 Å². The lowest BCUT2D eigenvalue weighted by Gasteiger charge is -2.42. The molecule has 1 aromatic heterocycles. The monoisotopic (exact) mass is 772 g/mol. The molecule has 3 aliphatic rings. The molecule has 3 aromatic rings. The van der Waals surface area contributed by atoms with Crippen molar-refractivity contribution in [2.75, 3.05) is 13.2 Å². The predicted molar refractivity (Wildman–Crippen MR) is 173 cm³/mol. The summed E-state index contributed by atoms with van der Waals surface area (Å²) in [6.07, 6.45) is -25.1. The van der Waals surface area contributed by atoms with E-state index in [4.69, 9.17) is 32.8 Å². The normalized spacial score (nSPS) is 37.3. The van der Waals surface area contributed by atoms with Gasteiger partial charge in [0.15, 0.2) is 23.5 Å². The van der Waals surface area contributed by atoms with Crippen molar-refractivity contribution in [3.05, 3.63) is 40.6 Å². The molecule has 4 heterocycles. The summed E-state index contributed by atoms with van der Waals surface area (Å²) in [6, 6.07) is 5.15. The maximum absolute atomic E-state index is 14.1. The summed E-state index contributed by atoms with van der Waals surface area (Å²) in [7, 11) is 0. The Balaban J connectivity index is 1.34. The highest BCUT2D eigenvalue weighted by molar-refractivity contribution is 5.88. The second-order valence-corrected chi connectivity index (χ2v) is 13.1. The Hall–Kier alpha value is -3.91. The zero-order chi connectivity index (χ0) is 39.3. The lowest BCUT2D eigenvalue weighted by molar-refractivity contribution is -0.318. The van der Waals surface area contributed by atoms with Crippen LogP contribution in [0.2, 0.25) is 0 Å². The third-order valence-corrected chi connectivity index (χ3v) is 9.38. The Morgan fingerprint density at radius 1 is 0.630 bits per heavy atom. The van der Waals surface area contributed by atoms with Crippen molar-refractivity contribution in [2.45, 2.75) is 99.0 Å². The standard InChI is InChI=1S/C33H40O21/c1-9-19(38)23(42)26(45)31(49-9)48-8-17-21(40)25(44)28(47)33(53-17)54-30-22(41)18-14(37)5-11(50-32-27(46)24(43)20(39)16(7-34)52-32)6-15(18)51-29(30)10-2-3-12(35)13(36)4-10/h2-6,9,16-17,19-21,23-28,31-40,42-47H,7-8H2,1H3/t9-,16+,17+,19-,20-,21-,23+,24+,25+,26+,27+,28+,31-,32-,33+/m0/s1. The van der Waals surface area contributed by atoms with E-state index in [1.807, 2.05) is 0 Å². The fraction of sp³-hybridized carbons (Fsp3) is 0.545. The summed E-state index contributed by atoms with van der Waals surface area (Å²) in [5.41, 5.74) is -1.66. The van der Waals surface area contributed by atoms with Gasteiger partial charge < -0.3 is 99.2 Å². The van der Waals surface area contributed by atoms with Crippen molar-refractivity contribution in [1.29, 1.82) is 0 Å². The molecule has 54 heavy (non-hydrogen) atoms. The Labute approximate surface area is 303 Å². The highest BCUT2D eigenvalue weighted by Crippen LogP contribution is 2.40. The first kappa shape index (κ1) is 39.8. The number of hydrogen-bond acceptors (Lipinski definition) is 21. The second kappa shape index (κ2) is 15.7. The number of rotatable bonds is 9. The van der Waals surface area contributed by atoms with Crippen molar-refractivity contribution in [3.8, 4) is 40.1 Å². The first-order valence-electron chi connectivity index (χ1n) is 16.5. The number of aliphatic hydroxyl groups is 10. The molecule has 13 N–H and O–H groups in total. The Bertz CT molecular complexity index is 1850. The molecule has 0 aliphatic carbocycles. The van der Waals surface area contributed by atoms with Gasteiger partial charge in [-0.2, -0.15) is 0 Å². The van der Waals surface area contributed by atoms with Gasteiger partial charge in [-0.3, -0.25) is 4.79 Å². The average molecular weight is 773 g/mol. The largest absolute Gasteiger partial charge is 0.507 e. The molecule has 0 spiro atoms. The molecule has 0 unspecified atom stereocenters. The molecule has 0 radical (unpaired) electrons. The van der Waals surface area contributed by atoms with Crippen molar-refractivity contribution in [2.24, 2.45) is 0 Å². The summed E-state index contributed by atoms with van der Waals surface area (Å²) in [5.74, 6) is -3.63. The van der Waals surface area contributed by atoms with Crippen LogP contribution in [0.1, 0.15) is 6.92 Å². The summed E-state index contributed by atoms with van der Waals surface area (Å²) >= 11 is 0. The van der Waals surface area contributed by atoms with Gasteiger partial charge >= 0.3 is 0 Å². The fourth-order valence-corrected chi connectivity index (χ4v) is 6.19. The van der Waals surface area contributed by atoms with Crippen LogP contribution in [0.3, 0.4) is 0 Å². The van der Waals surface area contributed by atoms with Gasteiger partial charge in [0.1, 0.15) is 89.6 Å². The van der Waals surface area contributed by atoms with Crippen LogP contribution in [-0.2, 0) is 18.9 Å². The molecule has 3 saturated heterocycles. The van der Waals surface area contributed by atoms with Crippen LogP contribution >= 0.6 is 0 Å². The summed E-state index contributed by atoms with van der Waals surface area (Å²) in [6.45, 7) is -0.0204. The van der Waals surface area contributed by atoms with Gasteiger partial charge in [0.2, 0.25) is 23.8 Å². The maximum Gasteiger partial charge on any atom is 0.239 e. The second-order valence-electron chi connectivity index (χ2n) is 13.1. The molecular formula is C33H40O21. The van der Waals surface area contributed by atoms with Crippen molar-refractivity contribution >= 4 is 11.0 Å². The molecule has 21 nitrogen and oxygen atoms in total. The summed E-state index contributed by atoms with van der Waals surface area (Å²) < 4.78 is 39.1. The number of benzene rings is 2. The molecule has 3 aliphatic heterocycles. The van der Waals surface area contributed by atoms with Gasteiger partial charge in [-0.05, 0) is 25.1 Å². The van der Waals surface area contributed by atoms with Crippen molar-refractivity contribution < 1.29 is 99.2 Å². The van der Waals surface area contributed by atoms with Crippen LogP contribution in [0.5, 0.6) is 28.7 Å². The van der Waals surface area contributed by atoms with Crippen molar-refractivity contribution in [1.82, 2.24) is 0 Å². The number of ether oxygens (including phenoxy) is 6. The number of aliphatic hydroxyl groups excluding tert-OH is 10. The van der Waals surface area contributed by atoms with E-state index in [-0.39, 0.29) is 11.3 Å². The minimum absolute atomic E-state index is 0.122. The zero-order valence-corrected chi connectivity index (χ0v) is 28.0. The van der Waals surface area contributed by atoms with E-state index in [2.05, 4.69) is 0 Å². The van der Waals surface area contributed by atoms with Gasteiger partial charge in [-0.15, -0.1) is 0 Å². The Morgan fingerprint density at radius 3 is 1.87 bits per heavy atom. The first-order chi connectivity index (χ1) is 25.5. The quantitative estimate of drug-likeness (QED) is 0.0917.